The van der Waals surface area contributed by atoms with Crippen molar-refractivity contribution in [3.63, 3.8) is 0 Å². The molecular formula is C24H26FN3O2. The summed E-state index contributed by atoms with van der Waals surface area (Å²) in [5.41, 5.74) is 2.42. The van der Waals surface area contributed by atoms with E-state index >= 15 is 0 Å². The van der Waals surface area contributed by atoms with E-state index in [0.717, 1.165) is 42.8 Å². The van der Waals surface area contributed by atoms with Crippen molar-refractivity contribution in [3.05, 3.63) is 72.1 Å². The summed E-state index contributed by atoms with van der Waals surface area (Å²) in [7, 11) is 0. The molecule has 0 saturated heterocycles. The second-order valence-corrected chi connectivity index (χ2v) is 7.80. The molecule has 156 valence electrons. The van der Waals surface area contributed by atoms with Crippen LogP contribution in [0.5, 0.6) is 5.75 Å². The first-order valence-electron chi connectivity index (χ1n) is 10.4. The van der Waals surface area contributed by atoms with Crippen LogP contribution in [0.15, 0.2) is 54.9 Å². The minimum Gasteiger partial charge on any atom is -0.489 e. The van der Waals surface area contributed by atoms with Crippen LogP contribution in [0.3, 0.4) is 0 Å². The molecule has 0 aliphatic heterocycles. The van der Waals surface area contributed by atoms with E-state index in [-0.39, 0.29) is 11.8 Å². The van der Waals surface area contributed by atoms with E-state index in [1.54, 1.807) is 12.3 Å². The summed E-state index contributed by atoms with van der Waals surface area (Å²) >= 11 is 0. The van der Waals surface area contributed by atoms with Crippen LogP contribution in [0.1, 0.15) is 43.5 Å². The van der Waals surface area contributed by atoms with Gasteiger partial charge >= 0.3 is 0 Å². The van der Waals surface area contributed by atoms with Gasteiger partial charge in [-0.25, -0.2) is 9.37 Å². The maximum Gasteiger partial charge on any atom is 0.227 e. The molecule has 3 aromatic rings. The van der Waals surface area contributed by atoms with Gasteiger partial charge in [-0.1, -0.05) is 31.4 Å². The zero-order chi connectivity index (χ0) is 20.9. The number of carbonyl (C=O) groups excluding carboxylic acids is 1. The molecule has 1 saturated carbocycles. The van der Waals surface area contributed by atoms with Crippen LogP contribution >= 0.6 is 0 Å². The number of aryl methyl sites for hydroxylation is 1. The topological polar surface area (TPSA) is 56.1 Å². The van der Waals surface area contributed by atoms with Crippen LogP contribution in [-0.4, -0.2) is 15.5 Å². The van der Waals surface area contributed by atoms with Crippen LogP contribution in [0.25, 0.3) is 5.69 Å². The SMILES string of the molecule is Cc1nccn1-c1ccc(COc2cc(F)cc(NC(=O)C3CCCCC3)c2)cc1. The van der Waals surface area contributed by atoms with Crippen LogP contribution in [0.2, 0.25) is 0 Å². The Morgan fingerprint density at radius 1 is 1.17 bits per heavy atom. The molecule has 1 aromatic heterocycles. The first-order chi connectivity index (χ1) is 14.6. The Balaban J connectivity index is 1.38. The summed E-state index contributed by atoms with van der Waals surface area (Å²) in [6, 6.07) is 12.3. The van der Waals surface area contributed by atoms with Gasteiger partial charge in [-0.05, 0) is 43.5 Å². The summed E-state index contributed by atoms with van der Waals surface area (Å²) in [6.45, 7) is 2.26. The molecule has 5 nitrogen and oxygen atoms in total. The number of benzene rings is 2. The Morgan fingerprint density at radius 3 is 2.63 bits per heavy atom. The third-order valence-corrected chi connectivity index (χ3v) is 5.56. The zero-order valence-corrected chi connectivity index (χ0v) is 17.1. The minimum absolute atomic E-state index is 0.0176. The molecule has 1 amide bonds. The van der Waals surface area contributed by atoms with Crippen LogP contribution in [-0.2, 0) is 11.4 Å². The second kappa shape index (κ2) is 9.11. The summed E-state index contributed by atoms with van der Waals surface area (Å²) in [4.78, 5) is 16.7. The van der Waals surface area contributed by atoms with Gasteiger partial charge in [-0.2, -0.15) is 0 Å². The molecule has 1 N–H and O–H groups in total. The Bertz CT molecular complexity index is 1010. The Kier molecular flexibility index (Phi) is 6.12. The van der Waals surface area contributed by atoms with Crippen molar-refractivity contribution in [2.45, 2.75) is 45.6 Å². The summed E-state index contributed by atoms with van der Waals surface area (Å²) < 4.78 is 21.8. The van der Waals surface area contributed by atoms with Gasteiger partial charge in [0.25, 0.3) is 0 Å². The van der Waals surface area contributed by atoms with E-state index in [0.29, 0.717) is 18.0 Å². The number of amides is 1. The number of ether oxygens (including phenoxy) is 1. The van der Waals surface area contributed by atoms with Crippen molar-refractivity contribution < 1.29 is 13.9 Å². The van der Waals surface area contributed by atoms with E-state index in [4.69, 9.17) is 4.74 Å². The maximum atomic E-state index is 14.1. The standard InChI is InChI=1S/C24H26FN3O2/c1-17-26-11-12-28(17)22-9-7-18(8-10-22)16-30-23-14-20(25)13-21(15-23)27-24(29)19-5-3-2-4-6-19/h7-15,19H,2-6,16H2,1H3,(H,27,29). The Morgan fingerprint density at radius 2 is 1.93 bits per heavy atom. The average Bonchev–Trinajstić information content (AvgIpc) is 3.19. The highest BCUT2D eigenvalue weighted by Crippen LogP contribution is 2.27. The van der Waals surface area contributed by atoms with Gasteiger partial charge in [-0.15, -0.1) is 0 Å². The molecule has 0 atom stereocenters. The number of nitrogens with one attached hydrogen (secondary N) is 1. The molecule has 1 fully saturated rings. The highest BCUT2D eigenvalue weighted by Gasteiger charge is 2.21. The number of halogens is 1. The van der Waals surface area contributed by atoms with Crippen LogP contribution in [0.4, 0.5) is 10.1 Å². The van der Waals surface area contributed by atoms with Gasteiger partial charge in [0.15, 0.2) is 0 Å². The van der Waals surface area contributed by atoms with Gasteiger partial charge in [0.2, 0.25) is 5.91 Å². The Labute approximate surface area is 175 Å². The van der Waals surface area contributed by atoms with Crippen molar-refractivity contribution >= 4 is 11.6 Å². The van der Waals surface area contributed by atoms with Crippen molar-refractivity contribution in [2.24, 2.45) is 5.92 Å². The minimum atomic E-state index is -0.433. The fraction of sp³-hybridized carbons (Fsp3) is 0.333. The lowest BCUT2D eigenvalue weighted by atomic mass is 9.88. The molecule has 0 spiro atoms. The summed E-state index contributed by atoms with van der Waals surface area (Å²) in [5, 5.41) is 2.85. The number of anilines is 1. The molecule has 0 unspecified atom stereocenters. The smallest absolute Gasteiger partial charge is 0.227 e. The molecule has 1 heterocycles. The molecule has 0 bridgehead atoms. The fourth-order valence-electron chi connectivity index (χ4n) is 3.90. The van der Waals surface area contributed by atoms with Crippen molar-refractivity contribution in [3.8, 4) is 11.4 Å². The number of imidazole rings is 1. The molecule has 1 aliphatic carbocycles. The number of hydrogen-bond acceptors (Lipinski definition) is 3. The van der Waals surface area contributed by atoms with Gasteiger partial charge in [0, 0.05) is 41.8 Å². The maximum absolute atomic E-state index is 14.1. The predicted molar refractivity (Wildman–Crippen MR) is 114 cm³/mol. The van der Waals surface area contributed by atoms with E-state index in [9.17, 15) is 9.18 Å². The van der Waals surface area contributed by atoms with Crippen LogP contribution in [0, 0.1) is 18.7 Å². The number of hydrogen-bond donors (Lipinski definition) is 1. The molecule has 6 heteroatoms. The molecular weight excluding hydrogens is 381 g/mol. The molecule has 2 aromatic carbocycles. The quantitative estimate of drug-likeness (QED) is 0.594. The number of rotatable bonds is 6. The van der Waals surface area contributed by atoms with Crippen molar-refractivity contribution in [2.75, 3.05) is 5.32 Å². The monoisotopic (exact) mass is 407 g/mol. The third kappa shape index (κ3) is 4.87. The van der Waals surface area contributed by atoms with Crippen molar-refractivity contribution in [1.82, 2.24) is 9.55 Å². The molecule has 1 aliphatic rings. The third-order valence-electron chi connectivity index (χ3n) is 5.56. The lowest BCUT2D eigenvalue weighted by Gasteiger charge is -2.21. The van der Waals surface area contributed by atoms with E-state index in [1.807, 2.05) is 42.0 Å². The summed E-state index contributed by atoms with van der Waals surface area (Å²) in [6.07, 6.45) is 8.82. The molecule has 0 radical (unpaired) electrons. The fourth-order valence-corrected chi connectivity index (χ4v) is 3.90. The Hall–Kier alpha value is -3.15. The number of aromatic nitrogens is 2. The van der Waals surface area contributed by atoms with Crippen molar-refractivity contribution in [1.29, 1.82) is 0 Å². The first kappa shape index (κ1) is 20.1. The predicted octanol–water partition coefficient (Wildman–Crippen LogP) is 5.42. The highest BCUT2D eigenvalue weighted by molar-refractivity contribution is 5.92. The van der Waals surface area contributed by atoms with E-state index in [2.05, 4.69) is 10.3 Å². The van der Waals surface area contributed by atoms with Gasteiger partial charge < -0.3 is 14.6 Å². The number of carbonyl (C=O) groups is 1. The lowest BCUT2D eigenvalue weighted by Crippen LogP contribution is -2.24. The zero-order valence-electron chi connectivity index (χ0n) is 17.1. The first-order valence-corrected chi connectivity index (χ1v) is 10.4. The van der Waals surface area contributed by atoms with E-state index < -0.39 is 5.82 Å². The summed E-state index contributed by atoms with van der Waals surface area (Å²) in [5.74, 6) is 0.864. The highest BCUT2D eigenvalue weighted by atomic mass is 19.1. The second-order valence-electron chi connectivity index (χ2n) is 7.80. The lowest BCUT2D eigenvalue weighted by molar-refractivity contribution is -0.120. The molecule has 30 heavy (non-hydrogen) atoms. The van der Waals surface area contributed by atoms with Crippen LogP contribution < -0.4 is 10.1 Å². The van der Waals surface area contributed by atoms with Gasteiger partial charge in [-0.3, -0.25) is 4.79 Å². The largest absolute Gasteiger partial charge is 0.489 e. The van der Waals surface area contributed by atoms with Gasteiger partial charge in [0.1, 0.15) is 24.0 Å². The average molecular weight is 407 g/mol. The van der Waals surface area contributed by atoms with Gasteiger partial charge in [0.05, 0.1) is 0 Å². The van der Waals surface area contributed by atoms with E-state index in [1.165, 1.54) is 18.6 Å². The number of nitrogens with zero attached hydrogens (tertiary/aromatic N) is 2. The normalized spacial score (nSPS) is 14.5. The molecule has 4 rings (SSSR count).